The summed E-state index contributed by atoms with van der Waals surface area (Å²) in [6.45, 7) is 3.43. The molecule has 0 aliphatic rings. The summed E-state index contributed by atoms with van der Waals surface area (Å²) in [6, 6.07) is 3.09. The van der Waals surface area contributed by atoms with Gasteiger partial charge < -0.3 is 0 Å². The first kappa shape index (κ1) is 10.4. The Balaban J connectivity index is 3.18. The van der Waals surface area contributed by atoms with E-state index in [0.29, 0.717) is 16.1 Å². The summed E-state index contributed by atoms with van der Waals surface area (Å²) in [4.78, 5) is 0. The molecule has 3 N–H and O–H groups in total. The van der Waals surface area contributed by atoms with Crippen molar-refractivity contribution in [2.24, 2.45) is 5.84 Å². The molecule has 0 aromatic heterocycles. The fourth-order valence-electron chi connectivity index (χ4n) is 1.11. The molecule has 0 amide bonds. The summed E-state index contributed by atoms with van der Waals surface area (Å²) in [5, 5.41) is 0.436. The molecule has 0 spiro atoms. The number of rotatable bonds is 2. The van der Waals surface area contributed by atoms with Crippen molar-refractivity contribution in [3.05, 3.63) is 34.1 Å². The summed E-state index contributed by atoms with van der Waals surface area (Å²) in [5.41, 5.74) is 3.48. The van der Waals surface area contributed by atoms with E-state index < -0.39 is 0 Å². The number of benzene rings is 1. The van der Waals surface area contributed by atoms with Gasteiger partial charge in [0.1, 0.15) is 5.82 Å². The zero-order valence-corrected chi connectivity index (χ0v) is 8.32. The summed E-state index contributed by atoms with van der Waals surface area (Å²) in [7, 11) is 0. The van der Waals surface area contributed by atoms with Gasteiger partial charge in [0, 0.05) is 22.2 Å². The second-order valence-corrected chi connectivity index (χ2v) is 3.37. The average Bonchev–Trinajstić information content (AvgIpc) is 2.13. The maximum absolute atomic E-state index is 13.5. The Hall–Kier alpha value is -0.640. The van der Waals surface area contributed by atoms with Crippen LogP contribution in [0.25, 0.3) is 0 Å². The Bertz CT molecular complexity index is 315. The second-order valence-electron chi connectivity index (χ2n) is 2.96. The van der Waals surface area contributed by atoms with E-state index in [9.17, 15) is 4.39 Å². The molecule has 0 radical (unpaired) electrons. The van der Waals surface area contributed by atoms with Gasteiger partial charge in [0.05, 0.1) is 0 Å². The molecule has 2 nitrogen and oxygen atoms in total. The molecule has 72 valence electrons. The van der Waals surface area contributed by atoms with Crippen LogP contribution in [0.15, 0.2) is 12.1 Å². The molecule has 0 fully saturated rings. The first-order valence-corrected chi connectivity index (χ1v) is 4.36. The third kappa shape index (κ3) is 1.99. The molecule has 1 rings (SSSR count). The van der Waals surface area contributed by atoms with Crippen LogP contribution in [0.4, 0.5) is 4.39 Å². The van der Waals surface area contributed by atoms with Gasteiger partial charge in [-0.2, -0.15) is 0 Å². The molecule has 0 saturated heterocycles. The Kier molecular flexibility index (Phi) is 3.25. The maximum atomic E-state index is 13.5. The zero-order chi connectivity index (χ0) is 10.0. The zero-order valence-electron chi connectivity index (χ0n) is 7.57. The van der Waals surface area contributed by atoms with E-state index in [1.807, 2.05) is 0 Å². The van der Waals surface area contributed by atoms with Gasteiger partial charge in [-0.3, -0.25) is 11.3 Å². The van der Waals surface area contributed by atoms with Crippen LogP contribution < -0.4 is 11.3 Å². The lowest BCUT2D eigenvalue weighted by atomic mass is 10.1. The lowest BCUT2D eigenvalue weighted by Gasteiger charge is -2.13. The molecule has 1 aromatic rings. The van der Waals surface area contributed by atoms with Gasteiger partial charge in [0.25, 0.3) is 0 Å². The predicted molar refractivity (Wildman–Crippen MR) is 51.9 cm³/mol. The summed E-state index contributed by atoms with van der Waals surface area (Å²) in [6.07, 6.45) is 0. The van der Waals surface area contributed by atoms with Crippen LogP contribution in [0, 0.1) is 12.7 Å². The fourth-order valence-corrected chi connectivity index (χ4v) is 1.25. The van der Waals surface area contributed by atoms with E-state index in [1.165, 1.54) is 0 Å². The lowest BCUT2D eigenvalue weighted by molar-refractivity contribution is 0.537. The molecule has 13 heavy (non-hydrogen) atoms. The Morgan fingerprint density at radius 3 is 2.69 bits per heavy atom. The van der Waals surface area contributed by atoms with Crippen molar-refractivity contribution in [3.8, 4) is 0 Å². The van der Waals surface area contributed by atoms with Gasteiger partial charge >= 0.3 is 0 Å². The minimum Gasteiger partial charge on any atom is -0.271 e. The van der Waals surface area contributed by atoms with E-state index in [2.05, 4.69) is 5.43 Å². The number of hydrogen-bond acceptors (Lipinski definition) is 2. The van der Waals surface area contributed by atoms with Crippen LogP contribution >= 0.6 is 11.6 Å². The molecule has 0 aliphatic carbocycles. The normalized spacial score (nSPS) is 13.0. The topological polar surface area (TPSA) is 38.0 Å². The van der Waals surface area contributed by atoms with Gasteiger partial charge in [0.2, 0.25) is 0 Å². The lowest BCUT2D eigenvalue weighted by Crippen LogP contribution is -2.26. The van der Waals surface area contributed by atoms with Crippen LogP contribution in [0.2, 0.25) is 5.02 Å². The third-order valence-electron chi connectivity index (χ3n) is 2.07. The van der Waals surface area contributed by atoms with Gasteiger partial charge in [0.15, 0.2) is 0 Å². The number of halogens is 2. The number of nitrogens with two attached hydrogens (primary N) is 1. The van der Waals surface area contributed by atoms with Crippen molar-refractivity contribution < 1.29 is 4.39 Å². The Morgan fingerprint density at radius 1 is 1.54 bits per heavy atom. The smallest absolute Gasteiger partial charge is 0.132 e. The third-order valence-corrected chi connectivity index (χ3v) is 2.48. The highest BCUT2D eigenvalue weighted by Crippen LogP contribution is 2.24. The summed E-state index contributed by atoms with van der Waals surface area (Å²) in [5.74, 6) is 4.92. The van der Waals surface area contributed by atoms with E-state index in [-0.39, 0.29) is 11.9 Å². The highest BCUT2D eigenvalue weighted by Gasteiger charge is 2.12. The van der Waals surface area contributed by atoms with Gasteiger partial charge in [-0.05, 0) is 19.9 Å². The first-order valence-electron chi connectivity index (χ1n) is 3.98. The minimum absolute atomic E-state index is 0.212. The highest BCUT2D eigenvalue weighted by atomic mass is 35.5. The fraction of sp³-hybridized carbons (Fsp3) is 0.333. The van der Waals surface area contributed by atoms with Crippen LogP contribution in [0.5, 0.6) is 0 Å². The van der Waals surface area contributed by atoms with Crippen LogP contribution in [0.3, 0.4) is 0 Å². The van der Waals surface area contributed by atoms with E-state index in [0.717, 1.165) is 0 Å². The molecule has 1 aromatic carbocycles. The SMILES string of the molecule is Cc1c(Cl)ccc(C(C)NN)c1F. The van der Waals surface area contributed by atoms with Crippen LogP contribution in [-0.4, -0.2) is 0 Å². The standard InChI is InChI=1S/C9H12ClFN2/c1-5-8(10)4-3-7(9(5)11)6(2)13-12/h3-4,6,13H,12H2,1-2H3. The van der Waals surface area contributed by atoms with Crippen molar-refractivity contribution >= 4 is 11.6 Å². The van der Waals surface area contributed by atoms with Crippen LogP contribution in [-0.2, 0) is 0 Å². The van der Waals surface area contributed by atoms with Crippen molar-refractivity contribution in [2.75, 3.05) is 0 Å². The predicted octanol–water partition coefficient (Wildman–Crippen LogP) is 2.31. The van der Waals surface area contributed by atoms with Crippen molar-refractivity contribution in [3.63, 3.8) is 0 Å². The second kappa shape index (κ2) is 4.05. The van der Waals surface area contributed by atoms with Crippen molar-refractivity contribution in [1.82, 2.24) is 5.43 Å². The molecule has 0 bridgehead atoms. The van der Waals surface area contributed by atoms with Gasteiger partial charge in [-0.1, -0.05) is 17.7 Å². The van der Waals surface area contributed by atoms with Crippen LogP contribution in [0.1, 0.15) is 24.1 Å². The summed E-state index contributed by atoms with van der Waals surface area (Å²) >= 11 is 5.74. The van der Waals surface area contributed by atoms with E-state index >= 15 is 0 Å². The first-order chi connectivity index (χ1) is 6.07. The largest absolute Gasteiger partial charge is 0.271 e. The Labute approximate surface area is 81.9 Å². The Morgan fingerprint density at radius 2 is 2.15 bits per heavy atom. The maximum Gasteiger partial charge on any atom is 0.132 e. The number of hydrogen-bond donors (Lipinski definition) is 2. The molecule has 0 heterocycles. The molecule has 1 atom stereocenters. The molecule has 0 saturated carbocycles. The van der Waals surface area contributed by atoms with Gasteiger partial charge in [-0.15, -0.1) is 0 Å². The molecular formula is C9H12ClFN2. The number of nitrogens with one attached hydrogen (secondary N) is 1. The molecule has 1 unspecified atom stereocenters. The van der Waals surface area contributed by atoms with Crippen molar-refractivity contribution in [2.45, 2.75) is 19.9 Å². The number of hydrazine groups is 1. The average molecular weight is 203 g/mol. The quantitative estimate of drug-likeness (QED) is 0.571. The van der Waals surface area contributed by atoms with E-state index in [4.69, 9.17) is 17.4 Å². The van der Waals surface area contributed by atoms with Gasteiger partial charge in [-0.25, -0.2) is 4.39 Å². The van der Waals surface area contributed by atoms with E-state index in [1.54, 1.807) is 26.0 Å². The molecule has 0 aliphatic heterocycles. The molecule has 4 heteroatoms. The van der Waals surface area contributed by atoms with Crippen molar-refractivity contribution in [1.29, 1.82) is 0 Å². The summed E-state index contributed by atoms with van der Waals surface area (Å²) < 4.78 is 13.5. The monoisotopic (exact) mass is 202 g/mol. The minimum atomic E-state index is -0.294. The highest BCUT2D eigenvalue weighted by molar-refractivity contribution is 6.31. The molecular weight excluding hydrogens is 191 g/mol.